The van der Waals surface area contributed by atoms with Crippen LogP contribution in [0.3, 0.4) is 0 Å². The minimum absolute atomic E-state index is 0. The van der Waals surface area contributed by atoms with Gasteiger partial charge in [-0.3, -0.25) is 0 Å². The van der Waals surface area contributed by atoms with E-state index in [2.05, 4.69) is 6.92 Å². The second kappa shape index (κ2) is 5.46. The molecule has 0 spiro atoms. The van der Waals surface area contributed by atoms with Crippen LogP contribution in [-0.4, -0.2) is 36.7 Å². The normalized spacial score (nSPS) is 8.83. The molecule has 12 heavy (non-hydrogen) atoms. The standard InChI is InChI=1S/C9H13NO.Na.H/c1-3-7-8(10)5-4-6-9(7)11-2;;/h4-6H,3,10H2,1-2H3;;. The van der Waals surface area contributed by atoms with Crippen molar-refractivity contribution in [3.05, 3.63) is 23.8 Å². The van der Waals surface area contributed by atoms with Crippen LogP contribution >= 0.6 is 0 Å². The molecule has 0 radical (unpaired) electrons. The van der Waals surface area contributed by atoms with Crippen molar-refractivity contribution in [1.29, 1.82) is 0 Å². The number of ether oxygens (including phenoxy) is 1. The second-order valence-electron chi connectivity index (χ2n) is 2.38. The van der Waals surface area contributed by atoms with Gasteiger partial charge in [0.2, 0.25) is 0 Å². The van der Waals surface area contributed by atoms with E-state index in [1.807, 2.05) is 18.2 Å². The van der Waals surface area contributed by atoms with E-state index in [-0.39, 0.29) is 29.6 Å². The molecule has 0 amide bonds. The summed E-state index contributed by atoms with van der Waals surface area (Å²) >= 11 is 0. The van der Waals surface area contributed by atoms with Crippen LogP contribution in [0.15, 0.2) is 18.2 Å². The number of nitrogens with two attached hydrogens (primary N) is 1. The van der Waals surface area contributed by atoms with Crippen molar-refractivity contribution in [2.24, 2.45) is 0 Å². The average molecular weight is 175 g/mol. The summed E-state index contributed by atoms with van der Waals surface area (Å²) in [7, 11) is 1.66. The molecule has 0 saturated heterocycles. The fraction of sp³-hybridized carbons (Fsp3) is 0.333. The van der Waals surface area contributed by atoms with Gasteiger partial charge in [-0.05, 0) is 18.6 Å². The van der Waals surface area contributed by atoms with Gasteiger partial charge in [0.15, 0.2) is 0 Å². The van der Waals surface area contributed by atoms with Gasteiger partial charge >= 0.3 is 29.6 Å². The molecule has 1 aromatic rings. The summed E-state index contributed by atoms with van der Waals surface area (Å²) < 4.78 is 5.14. The Labute approximate surface area is 95.4 Å². The van der Waals surface area contributed by atoms with Gasteiger partial charge in [0.05, 0.1) is 7.11 Å². The molecule has 1 aromatic carbocycles. The second-order valence-corrected chi connectivity index (χ2v) is 2.38. The molecule has 2 N–H and O–H groups in total. The molecule has 0 heterocycles. The first-order valence-corrected chi connectivity index (χ1v) is 3.71. The number of nitrogen functional groups attached to an aromatic ring is 1. The third-order valence-corrected chi connectivity index (χ3v) is 1.74. The van der Waals surface area contributed by atoms with Gasteiger partial charge in [0.1, 0.15) is 5.75 Å². The molecule has 2 nitrogen and oxygen atoms in total. The van der Waals surface area contributed by atoms with E-state index in [9.17, 15) is 0 Å². The minimum atomic E-state index is 0. The van der Waals surface area contributed by atoms with Crippen molar-refractivity contribution in [2.45, 2.75) is 13.3 Å². The molecular weight excluding hydrogens is 161 g/mol. The summed E-state index contributed by atoms with van der Waals surface area (Å²) in [6.45, 7) is 2.06. The average Bonchev–Trinajstić information content (AvgIpc) is 2.04. The number of methoxy groups -OCH3 is 1. The molecule has 0 aliphatic carbocycles. The maximum absolute atomic E-state index is 5.73. The Kier molecular flexibility index (Phi) is 5.38. The van der Waals surface area contributed by atoms with E-state index >= 15 is 0 Å². The van der Waals surface area contributed by atoms with E-state index in [0.29, 0.717) is 0 Å². The van der Waals surface area contributed by atoms with Crippen LogP contribution in [0.2, 0.25) is 0 Å². The molecule has 0 unspecified atom stereocenters. The van der Waals surface area contributed by atoms with Crippen molar-refractivity contribution in [3.63, 3.8) is 0 Å². The number of hydrogen-bond donors (Lipinski definition) is 1. The van der Waals surface area contributed by atoms with Gasteiger partial charge in [0, 0.05) is 11.3 Å². The summed E-state index contributed by atoms with van der Waals surface area (Å²) in [5.41, 5.74) is 7.63. The number of rotatable bonds is 2. The van der Waals surface area contributed by atoms with E-state index in [1.54, 1.807) is 7.11 Å². The third-order valence-electron chi connectivity index (χ3n) is 1.74. The molecule has 0 atom stereocenters. The molecule has 0 aliphatic heterocycles. The molecule has 0 fully saturated rings. The monoisotopic (exact) mass is 175 g/mol. The van der Waals surface area contributed by atoms with Crippen LogP contribution < -0.4 is 10.5 Å². The predicted octanol–water partition coefficient (Wildman–Crippen LogP) is 1.19. The van der Waals surface area contributed by atoms with Crippen LogP contribution in [-0.2, 0) is 6.42 Å². The van der Waals surface area contributed by atoms with E-state index in [1.165, 1.54) is 0 Å². The van der Waals surface area contributed by atoms with Gasteiger partial charge in [-0.1, -0.05) is 13.0 Å². The summed E-state index contributed by atoms with van der Waals surface area (Å²) in [5.74, 6) is 0.882. The van der Waals surface area contributed by atoms with Crippen molar-refractivity contribution in [2.75, 3.05) is 12.8 Å². The Hall–Kier alpha value is -0.180. The fourth-order valence-corrected chi connectivity index (χ4v) is 1.15. The zero-order chi connectivity index (χ0) is 8.27. The van der Waals surface area contributed by atoms with Gasteiger partial charge in [0.25, 0.3) is 0 Å². The molecule has 0 aliphatic rings. The number of benzene rings is 1. The molecule has 3 heteroatoms. The van der Waals surface area contributed by atoms with E-state index in [4.69, 9.17) is 10.5 Å². The van der Waals surface area contributed by atoms with Crippen LogP contribution in [0, 0.1) is 0 Å². The molecule has 0 bridgehead atoms. The fourth-order valence-electron chi connectivity index (χ4n) is 1.15. The topological polar surface area (TPSA) is 35.2 Å². The number of anilines is 1. The first-order chi connectivity index (χ1) is 5.29. The summed E-state index contributed by atoms with van der Waals surface area (Å²) in [5, 5.41) is 0. The third kappa shape index (κ3) is 2.41. The summed E-state index contributed by atoms with van der Waals surface area (Å²) in [4.78, 5) is 0. The summed E-state index contributed by atoms with van der Waals surface area (Å²) in [6, 6.07) is 5.71. The van der Waals surface area contributed by atoms with E-state index in [0.717, 1.165) is 23.4 Å². The molecule has 62 valence electrons. The van der Waals surface area contributed by atoms with Crippen molar-refractivity contribution in [1.82, 2.24) is 0 Å². The Balaban J connectivity index is 0.00000121. The van der Waals surface area contributed by atoms with Crippen molar-refractivity contribution in [3.8, 4) is 5.75 Å². The Bertz CT molecular complexity index is 250. The Morgan fingerprint density at radius 1 is 1.42 bits per heavy atom. The Morgan fingerprint density at radius 2 is 2.08 bits per heavy atom. The maximum atomic E-state index is 5.73. The summed E-state index contributed by atoms with van der Waals surface area (Å²) in [6.07, 6.45) is 0.913. The SMILES string of the molecule is CCc1c(N)cccc1OC.[NaH]. The predicted molar refractivity (Wildman–Crippen MR) is 53.9 cm³/mol. The number of hydrogen-bond acceptors (Lipinski definition) is 2. The van der Waals surface area contributed by atoms with Crippen LogP contribution in [0.1, 0.15) is 12.5 Å². The van der Waals surface area contributed by atoms with Crippen LogP contribution in [0.5, 0.6) is 5.75 Å². The first kappa shape index (κ1) is 11.8. The van der Waals surface area contributed by atoms with Crippen molar-refractivity contribution < 1.29 is 4.74 Å². The van der Waals surface area contributed by atoms with E-state index < -0.39 is 0 Å². The van der Waals surface area contributed by atoms with Crippen LogP contribution in [0.4, 0.5) is 5.69 Å². The molecule has 0 aromatic heterocycles. The van der Waals surface area contributed by atoms with Gasteiger partial charge in [-0.2, -0.15) is 0 Å². The molecule has 0 saturated carbocycles. The molecular formula is C9H14NNaO. The van der Waals surface area contributed by atoms with Crippen molar-refractivity contribution >= 4 is 35.2 Å². The Morgan fingerprint density at radius 3 is 2.50 bits per heavy atom. The first-order valence-electron chi connectivity index (χ1n) is 3.71. The zero-order valence-electron chi connectivity index (χ0n) is 6.92. The quantitative estimate of drug-likeness (QED) is 0.541. The van der Waals surface area contributed by atoms with Crippen LogP contribution in [0.25, 0.3) is 0 Å². The van der Waals surface area contributed by atoms with Gasteiger partial charge < -0.3 is 10.5 Å². The molecule has 1 rings (SSSR count). The van der Waals surface area contributed by atoms with Gasteiger partial charge in [-0.25, -0.2) is 0 Å². The van der Waals surface area contributed by atoms with Gasteiger partial charge in [-0.15, -0.1) is 0 Å². The zero-order valence-corrected chi connectivity index (χ0v) is 6.92.